The Labute approximate surface area is 156 Å². The van der Waals surface area contributed by atoms with Crippen LogP contribution in [0.15, 0.2) is 56.6 Å². The zero-order valence-corrected chi connectivity index (χ0v) is 15.5. The molecular formula is C17H13BrFN3O2S. The molecule has 128 valence electrons. The molecular weight excluding hydrogens is 409 g/mol. The summed E-state index contributed by atoms with van der Waals surface area (Å²) in [6.07, 6.45) is 0. The maximum absolute atomic E-state index is 13.5. The van der Waals surface area contributed by atoms with Gasteiger partial charge in [-0.3, -0.25) is 4.79 Å². The van der Waals surface area contributed by atoms with Gasteiger partial charge in [0.15, 0.2) is 0 Å². The summed E-state index contributed by atoms with van der Waals surface area (Å²) < 4.78 is 19.9. The molecule has 25 heavy (non-hydrogen) atoms. The van der Waals surface area contributed by atoms with E-state index in [0.717, 1.165) is 21.8 Å². The second kappa shape index (κ2) is 7.79. The maximum Gasteiger partial charge on any atom is 0.277 e. The van der Waals surface area contributed by atoms with Crippen molar-refractivity contribution in [1.82, 2.24) is 10.2 Å². The summed E-state index contributed by atoms with van der Waals surface area (Å²) in [7, 11) is 0. The van der Waals surface area contributed by atoms with Crippen molar-refractivity contribution in [2.45, 2.75) is 12.1 Å². The first-order valence-corrected chi connectivity index (χ1v) is 9.07. The van der Waals surface area contributed by atoms with Crippen molar-refractivity contribution >= 4 is 39.3 Å². The van der Waals surface area contributed by atoms with Crippen LogP contribution < -0.4 is 5.32 Å². The number of nitrogens with zero attached hydrogens (tertiary/aromatic N) is 2. The molecule has 0 unspecified atom stereocenters. The lowest BCUT2D eigenvalue weighted by atomic mass is 10.2. The lowest BCUT2D eigenvalue weighted by molar-refractivity contribution is -0.113. The van der Waals surface area contributed by atoms with E-state index in [1.54, 1.807) is 19.1 Å². The number of carbonyl (C=O) groups excluding carboxylic acids is 1. The summed E-state index contributed by atoms with van der Waals surface area (Å²) in [6.45, 7) is 1.66. The van der Waals surface area contributed by atoms with Gasteiger partial charge in [0.1, 0.15) is 5.82 Å². The van der Waals surface area contributed by atoms with Crippen LogP contribution in [0.1, 0.15) is 5.56 Å². The average molecular weight is 422 g/mol. The number of rotatable bonds is 5. The number of benzene rings is 2. The summed E-state index contributed by atoms with van der Waals surface area (Å²) in [5.41, 5.74) is 1.72. The second-order valence-corrected chi connectivity index (χ2v) is 7.03. The maximum atomic E-state index is 13.5. The molecule has 0 radical (unpaired) electrons. The number of amides is 1. The monoisotopic (exact) mass is 421 g/mol. The number of aromatic nitrogens is 2. The number of carbonyl (C=O) groups is 1. The van der Waals surface area contributed by atoms with Gasteiger partial charge in [0, 0.05) is 15.7 Å². The number of thioether (sulfide) groups is 1. The zero-order chi connectivity index (χ0) is 17.8. The SMILES string of the molecule is Cc1ccc(NC(=O)CSc2nnc(-c3cccc(Br)c3)o2)cc1F. The minimum atomic E-state index is -0.360. The van der Waals surface area contributed by atoms with Crippen LogP contribution in [0.3, 0.4) is 0 Å². The van der Waals surface area contributed by atoms with Gasteiger partial charge in [0.2, 0.25) is 11.8 Å². The molecule has 1 heterocycles. The normalized spacial score (nSPS) is 10.7. The Hall–Kier alpha value is -2.19. The highest BCUT2D eigenvalue weighted by Gasteiger charge is 2.12. The molecule has 0 aliphatic heterocycles. The topological polar surface area (TPSA) is 68.0 Å². The molecule has 1 amide bonds. The first-order valence-electron chi connectivity index (χ1n) is 7.29. The van der Waals surface area contributed by atoms with Crippen LogP contribution in [0.2, 0.25) is 0 Å². The molecule has 0 bridgehead atoms. The van der Waals surface area contributed by atoms with E-state index in [1.165, 1.54) is 6.07 Å². The van der Waals surface area contributed by atoms with Gasteiger partial charge in [-0.15, -0.1) is 10.2 Å². The fourth-order valence-electron chi connectivity index (χ4n) is 2.00. The first-order chi connectivity index (χ1) is 12.0. The number of hydrogen-bond acceptors (Lipinski definition) is 5. The van der Waals surface area contributed by atoms with E-state index < -0.39 is 0 Å². The van der Waals surface area contributed by atoms with Crippen LogP contribution >= 0.6 is 27.7 Å². The third-order valence-corrected chi connectivity index (χ3v) is 4.57. The number of anilines is 1. The fraction of sp³-hybridized carbons (Fsp3) is 0.118. The van der Waals surface area contributed by atoms with Gasteiger partial charge in [0.05, 0.1) is 5.75 Å². The predicted octanol–water partition coefficient (Wildman–Crippen LogP) is 4.68. The van der Waals surface area contributed by atoms with Gasteiger partial charge in [0.25, 0.3) is 5.22 Å². The van der Waals surface area contributed by atoms with Crippen LogP contribution in [-0.2, 0) is 4.79 Å². The molecule has 5 nitrogen and oxygen atoms in total. The van der Waals surface area contributed by atoms with Gasteiger partial charge in [-0.05, 0) is 42.8 Å². The number of nitrogens with one attached hydrogen (secondary N) is 1. The minimum Gasteiger partial charge on any atom is -0.411 e. The molecule has 3 aromatic rings. The standard InChI is InChI=1S/C17H13BrFN3O2S/c1-10-5-6-13(8-14(10)19)20-15(23)9-25-17-22-21-16(24-17)11-3-2-4-12(18)7-11/h2-8H,9H2,1H3,(H,20,23). The van der Waals surface area contributed by atoms with Gasteiger partial charge in [-0.2, -0.15) is 0 Å². The summed E-state index contributed by atoms with van der Waals surface area (Å²) in [6, 6.07) is 12.0. The summed E-state index contributed by atoms with van der Waals surface area (Å²) in [5.74, 6) is -0.184. The van der Waals surface area contributed by atoms with E-state index in [0.29, 0.717) is 22.4 Å². The van der Waals surface area contributed by atoms with Crippen molar-refractivity contribution in [3.8, 4) is 11.5 Å². The van der Waals surface area contributed by atoms with Crippen LogP contribution in [0, 0.1) is 12.7 Å². The molecule has 3 rings (SSSR count). The summed E-state index contributed by atoms with van der Waals surface area (Å²) >= 11 is 4.50. The fourth-order valence-corrected chi connectivity index (χ4v) is 2.96. The van der Waals surface area contributed by atoms with E-state index in [2.05, 4.69) is 31.4 Å². The van der Waals surface area contributed by atoms with Crippen LogP contribution in [0.4, 0.5) is 10.1 Å². The van der Waals surface area contributed by atoms with Crippen molar-refractivity contribution in [1.29, 1.82) is 0 Å². The Kier molecular flexibility index (Phi) is 5.50. The highest BCUT2D eigenvalue weighted by molar-refractivity contribution is 9.10. The van der Waals surface area contributed by atoms with E-state index in [4.69, 9.17) is 4.42 Å². The predicted molar refractivity (Wildman–Crippen MR) is 97.9 cm³/mol. The third-order valence-electron chi connectivity index (χ3n) is 3.26. The smallest absolute Gasteiger partial charge is 0.277 e. The van der Waals surface area contributed by atoms with Gasteiger partial charge in [-0.1, -0.05) is 39.8 Å². The van der Waals surface area contributed by atoms with Crippen LogP contribution in [0.5, 0.6) is 0 Å². The molecule has 0 aliphatic carbocycles. The lowest BCUT2D eigenvalue weighted by Gasteiger charge is -2.05. The second-order valence-electron chi connectivity index (χ2n) is 5.18. The molecule has 0 aliphatic rings. The van der Waals surface area contributed by atoms with Crippen molar-refractivity contribution in [3.63, 3.8) is 0 Å². The Morgan fingerprint density at radius 1 is 1.28 bits per heavy atom. The Balaban J connectivity index is 1.58. The van der Waals surface area contributed by atoms with E-state index in [1.807, 2.05) is 24.3 Å². The largest absolute Gasteiger partial charge is 0.411 e. The summed E-state index contributed by atoms with van der Waals surface area (Å²) in [4.78, 5) is 12.0. The van der Waals surface area contributed by atoms with E-state index >= 15 is 0 Å². The highest BCUT2D eigenvalue weighted by Crippen LogP contribution is 2.25. The Bertz CT molecular complexity index is 916. The molecule has 0 fully saturated rings. The Morgan fingerprint density at radius 2 is 2.12 bits per heavy atom. The zero-order valence-electron chi connectivity index (χ0n) is 13.1. The molecule has 1 aromatic heterocycles. The summed E-state index contributed by atoms with van der Waals surface area (Å²) in [5, 5.41) is 10.8. The van der Waals surface area contributed by atoms with E-state index in [-0.39, 0.29) is 17.5 Å². The molecule has 0 saturated heterocycles. The quantitative estimate of drug-likeness (QED) is 0.605. The molecule has 0 saturated carbocycles. The molecule has 2 aromatic carbocycles. The van der Waals surface area contributed by atoms with E-state index in [9.17, 15) is 9.18 Å². The molecule has 8 heteroatoms. The van der Waals surface area contributed by atoms with Gasteiger partial charge in [-0.25, -0.2) is 4.39 Å². The first kappa shape index (κ1) is 17.6. The lowest BCUT2D eigenvalue weighted by Crippen LogP contribution is -2.14. The molecule has 0 atom stereocenters. The highest BCUT2D eigenvalue weighted by atomic mass is 79.9. The van der Waals surface area contributed by atoms with Crippen molar-refractivity contribution in [2.75, 3.05) is 11.1 Å². The van der Waals surface area contributed by atoms with Crippen molar-refractivity contribution in [2.24, 2.45) is 0 Å². The molecule has 0 spiro atoms. The third kappa shape index (κ3) is 4.67. The number of hydrogen-bond donors (Lipinski definition) is 1. The van der Waals surface area contributed by atoms with Crippen molar-refractivity contribution < 1.29 is 13.6 Å². The Morgan fingerprint density at radius 3 is 2.88 bits per heavy atom. The molecule has 1 N–H and O–H groups in total. The number of halogens is 2. The average Bonchev–Trinajstić information content (AvgIpc) is 3.05. The minimum absolute atomic E-state index is 0.0790. The van der Waals surface area contributed by atoms with Crippen LogP contribution in [-0.4, -0.2) is 21.9 Å². The van der Waals surface area contributed by atoms with Crippen molar-refractivity contribution in [3.05, 3.63) is 58.3 Å². The van der Waals surface area contributed by atoms with Gasteiger partial charge >= 0.3 is 0 Å². The van der Waals surface area contributed by atoms with Gasteiger partial charge < -0.3 is 9.73 Å². The van der Waals surface area contributed by atoms with Crippen LogP contribution in [0.25, 0.3) is 11.5 Å². The number of aryl methyl sites for hydroxylation is 1.